The molecule has 0 aliphatic heterocycles. The largest absolute Gasteiger partial charge is 0.363 e. The standard InChI is InChI=1S/C26H29N7O.C2H6/c1-6-24-29-30-31-33(24)23-14-21(19-9-7-17(2)8-10-19)13-22(15-23)26(34)28-18(3)20-11-12-25(27-16-20)32(4)5;1-2/h7-16,18H,6H2,1-5H3,(H,28,34);1-2H3. The number of hydrogen-bond acceptors (Lipinski definition) is 6. The van der Waals surface area contributed by atoms with Gasteiger partial charge in [0.25, 0.3) is 5.91 Å². The third-order valence-electron chi connectivity index (χ3n) is 5.74. The maximum absolute atomic E-state index is 13.3. The lowest BCUT2D eigenvalue weighted by atomic mass is 10.00. The van der Waals surface area contributed by atoms with Gasteiger partial charge in [0.2, 0.25) is 0 Å². The summed E-state index contributed by atoms with van der Waals surface area (Å²) in [6.45, 7) is 10.00. The highest BCUT2D eigenvalue weighted by Crippen LogP contribution is 2.26. The van der Waals surface area contributed by atoms with Crippen molar-refractivity contribution in [3.63, 3.8) is 0 Å². The summed E-state index contributed by atoms with van der Waals surface area (Å²) < 4.78 is 1.68. The SMILES string of the molecule is CC.CCc1nnnn1-c1cc(C(=O)NC(C)c2ccc(N(C)C)nc2)cc(-c2ccc(C)cc2)c1. The molecule has 2 aromatic carbocycles. The molecular formula is C28H35N7O. The van der Waals surface area contributed by atoms with E-state index in [0.29, 0.717) is 12.0 Å². The zero-order valence-corrected chi connectivity index (χ0v) is 22.1. The highest BCUT2D eigenvalue weighted by molar-refractivity contribution is 5.96. The predicted molar refractivity (Wildman–Crippen MR) is 144 cm³/mol. The van der Waals surface area contributed by atoms with Crippen LogP contribution >= 0.6 is 0 Å². The van der Waals surface area contributed by atoms with E-state index in [1.807, 2.05) is 77.0 Å². The van der Waals surface area contributed by atoms with Crippen LogP contribution in [0.25, 0.3) is 16.8 Å². The summed E-state index contributed by atoms with van der Waals surface area (Å²) in [4.78, 5) is 19.7. The second kappa shape index (κ2) is 12.1. The van der Waals surface area contributed by atoms with Crippen molar-refractivity contribution in [1.82, 2.24) is 30.5 Å². The van der Waals surface area contributed by atoms with Crippen molar-refractivity contribution in [3.8, 4) is 16.8 Å². The smallest absolute Gasteiger partial charge is 0.251 e. The van der Waals surface area contributed by atoms with Gasteiger partial charge in [-0.2, -0.15) is 4.68 Å². The summed E-state index contributed by atoms with van der Waals surface area (Å²) in [5.41, 5.74) is 5.33. The van der Waals surface area contributed by atoms with E-state index in [0.717, 1.165) is 34.0 Å². The fourth-order valence-electron chi connectivity index (χ4n) is 3.69. The fraction of sp³-hybridized carbons (Fsp3) is 0.321. The van der Waals surface area contributed by atoms with Gasteiger partial charge in [-0.25, -0.2) is 4.98 Å². The van der Waals surface area contributed by atoms with Gasteiger partial charge in [-0.3, -0.25) is 4.79 Å². The van der Waals surface area contributed by atoms with E-state index >= 15 is 0 Å². The van der Waals surface area contributed by atoms with Crippen LogP contribution in [0.4, 0.5) is 5.82 Å². The minimum absolute atomic E-state index is 0.175. The van der Waals surface area contributed by atoms with Crippen LogP contribution in [-0.4, -0.2) is 45.2 Å². The number of aryl methyl sites for hydroxylation is 2. The van der Waals surface area contributed by atoms with Crippen LogP contribution in [0.15, 0.2) is 60.8 Å². The van der Waals surface area contributed by atoms with Crippen LogP contribution in [0.5, 0.6) is 0 Å². The summed E-state index contributed by atoms with van der Waals surface area (Å²) in [6, 6.07) is 17.7. The Balaban J connectivity index is 0.00000176. The van der Waals surface area contributed by atoms with Gasteiger partial charge in [0.1, 0.15) is 5.82 Å². The van der Waals surface area contributed by atoms with E-state index in [4.69, 9.17) is 0 Å². The normalized spacial score (nSPS) is 11.3. The van der Waals surface area contributed by atoms with Gasteiger partial charge < -0.3 is 10.2 Å². The summed E-state index contributed by atoms with van der Waals surface area (Å²) in [6.07, 6.45) is 2.47. The van der Waals surface area contributed by atoms with Gasteiger partial charge >= 0.3 is 0 Å². The van der Waals surface area contributed by atoms with Crippen LogP contribution in [0.2, 0.25) is 0 Å². The minimum Gasteiger partial charge on any atom is -0.363 e. The second-order valence-corrected chi connectivity index (χ2v) is 8.53. The lowest BCUT2D eigenvalue weighted by Crippen LogP contribution is -2.27. The molecule has 0 saturated carbocycles. The number of carbonyl (C=O) groups is 1. The van der Waals surface area contributed by atoms with Gasteiger partial charge in [0.15, 0.2) is 5.82 Å². The van der Waals surface area contributed by atoms with Crippen LogP contribution in [-0.2, 0) is 6.42 Å². The number of anilines is 1. The van der Waals surface area contributed by atoms with E-state index in [1.54, 1.807) is 10.9 Å². The van der Waals surface area contributed by atoms with E-state index in [9.17, 15) is 4.79 Å². The molecule has 4 rings (SSSR count). The molecule has 0 aliphatic rings. The Kier molecular flexibility index (Phi) is 8.89. The second-order valence-electron chi connectivity index (χ2n) is 8.53. The summed E-state index contributed by atoms with van der Waals surface area (Å²) in [7, 11) is 3.89. The van der Waals surface area contributed by atoms with Crippen molar-refractivity contribution in [2.24, 2.45) is 0 Å². The van der Waals surface area contributed by atoms with E-state index in [1.165, 1.54) is 5.56 Å². The highest BCUT2D eigenvalue weighted by Gasteiger charge is 2.16. The number of hydrogen-bond donors (Lipinski definition) is 1. The van der Waals surface area contributed by atoms with Crippen molar-refractivity contribution >= 4 is 11.7 Å². The Bertz CT molecular complexity index is 1280. The van der Waals surface area contributed by atoms with Crippen LogP contribution in [0, 0.1) is 6.92 Å². The lowest BCUT2D eigenvalue weighted by Gasteiger charge is -2.17. The average molecular weight is 486 g/mol. The quantitative estimate of drug-likeness (QED) is 0.388. The Morgan fingerprint density at radius 2 is 1.75 bits per heavy atom. The molecule has 0 aliphatic carbocycles. The zero-order chi connectivity index (χ0) is 26.2. The monoisotopic (exact) mass is 485 g/mol. The van der Waals surface area contributed by atoms with Gasteiger partial charge in [-0.05, 0) is 65.2 Å². The van der Waals surface area contributed by atoms with E-state index in [-0.39, 0.29) is 11.9 Å². The Morgan fingerprint density at radius 1 is 1.03 bits per heavy atom. The Labute approximate surface area is 213 Å². The first kappa shape index (κ1) is 26.5. The number of nitrogens with one attached hydrogen (secondary N) is 1. The van der Waals surface area contributed by atoms with Gasteiger partial charge in [-0.15, -0.1) is 5.10 Å². The first-order valence-corrected chi connectivity index (χ1v) is 12.3. The predicted octanol–water partition coefficient (Wildman–Crippen LogP) is 5.18. The molecule has 0 radical (unpaired) electrons. The maximum Gasteiger partial charge on any atom is 0.251 e. The molecule has 4 aromatic rings. The molecule has 8 nitrogen and oxygen atoms in total. The van der Waals surface area contributed by atoms with Crippen LogP contribution in [0.3, 0.4) is 0 Å². The van der Waals surface area contributed by atoms with Gasteiger partial charge in [0.05, 0.1) is 11.7 Å². The lowest BCUT2D eigenvalue weighted by molar-refractivity contribution is 0.0940. The molecule has 188 valence electrons. The number of benzene rings is 2. The van der Waals surface area contributed by atoms with Crippen LogP contribution < -0.4 is 10.2 Å². The minimum atomic E-state index is -0.207. The number of pyridine rings is 1. The topological polar surface area (TPSA) is 88.8 Å². The van der Waals surface area contributed by atoms with Gasteiger partial charge in [0, 0.05) is 32.3 Å². The third-order valence-corrected chi connectivity index (χ3v) is 5.74. The van der Waals surface area contributed by atoms with Gasteiger partial charge in [-0.1, -0.05) is 56.7 Å². The molecule has 0 bridgehead atoms. The summed E-state index contributed by atoms with van der Waals surface area (Å²) >= 11 is 0. The molecule has 0 spiro atoms. The number of tetrazole rings is 1. The number of carbonyl (C=O) groups excluding carboxylic acids is 1. The van der Waals surface area contributed by atoms with Crippen LogP contribution in [0.1, 0.15) is 61.0 Å². The third kappa shape index (κ3) is 6.13. The average Bonchev–Trinajstić information content (AvgIpc) is 3.39. The first-order valence-electron chi connectivity index (χ1n) is 12.3. The fourth-order valence-corrected chi connectivity index (χ4v) is 3.69. The molecular weight excluding hydrogens is 450 g/mol. The summed E-state index contributed by atoms with van der Waals surface area (Å²) in [5, 5.41) is 15.2. The van der Waals surface area contributed by atoms with Crippen molar-refractivity contribution < 1.29 is 4.79 Å². The number of aromatic nitrogens is 5. The molecule has 1 amide bonds. The molecule has 36 heavy (non-hydrogen) atoms. The highest BCUT2D eigenvalue weighted by atomic mass is 16.1. The Morgan fingerprint density at radius 3 is 2.36 bits per heavy atom. The molecule has 1 N–H and O–H groups in total. The van der Waals surface area contributed by atoms with Crippen molar-refractivity contribution in [2.75, 3.05) is 19.0 Å². The van der Waals surface area contributed by atoms with Crippen molar-refractivity contribution in [2.45, 2.75) is 47.1 Å². The number of nitrogens with zero attached hydrogens (tertiary/aromatic N) is 6. The molecule has 2 heterocycles. The number of amides is 1. The summed E-state index contributed by atoms with van der Waals surface area (Å²) in [5.74, 6) is 1.42. The molecule has 1 atom stereocenters. The maximum atomic E-state index is 13.3. The zero-order valence-electron chi connectivity index (χ0n) is 22.1. The first-order chi connectivity index (χ1) is 17.4. The van der Waals surface area contributed by atoms with E-state index < -0.39 is 0 Å². The van der Waals surface area contributed by atoms with E-state index in [2.05, 4.69) is 57.0 Å². The van der Waals surface area contributed by atoms with Crippen molar-refractivity contribution in [3.05, 3.63) is 83.3 Å². The molecule has 0 fully saturated rings. The molecule has 8 heteroatoms. The molecule has 2 aromatic heterocycles. The van der Waals surface area contributed by atoms with Crippen molar-refractivity contribution in [1.29, 1.82) is 0 Å². The molecule has 1 unspecified atom stereocenters. The number of rotatable bonds is 7. The molecule has 0 saturated heterocycles. The Hall–Kier alpha value is -4.07.